The van der Waals surface area contributed by atoms with Gasteiger partial charge in [0.2, 0.25) is 0 Å². The molecule has 2 aromatic carbocycles. The lowest BCUT2D eigenvalue weighted by molar-refractivity contribution is 0.275. The molecule has 0 radical (unpaired) electrons. The van der Waals surface area contributed by atoms with Crippen LogP contribution >= 0.6 is 11.6 Å². The predicted octanol–water partition coefficient (Wildman–Crippen LogP) is 4.97. The highest BCUT2D eigenvalue weighted by atomic mass is 35.5. The molecule has 0 atom stereocenters. The summed E-state index contributed by atoms with van der Waals surface area (Å²) in [7, 11) is -1.32. The lowest BCUT2D eigenvalue weighted by atomic mass is 9.78. The Morgan fingerprint density at radius 1 is 1.22 bits per heavy atom. The van der Waals surface area contributed by atoms with Gasteiger partial charge < -0.3 is 19.4 Å². The molecule has 2 N–H and O–H groups in total. The zero-order valence-electron chi connectivity index (χ0n) is 19.8. The minimum atomic E-state index is -1.32. The van der Waals surface area contributed by atoms with Gasteiger partial charge in [0.05, 0.1) is 23.4 Å². The molecular weight excluding hydrogens is 482 g/mol. The average molecular weight is 505 g/mol. The zero-order chi connectivity index (χ0) is 25.1. The first-order valence-electron chi connectivity index (χ1n) is 11.9. The van der Waals surface area contributed by atoms with Gasteiger partial charge >= 0.3 is 7.12 Å². The van der Waals surface area contributed by atoms with Crippen LogP contribution in [-0.4, -0.2) is 17.1 Å². The van der Waals surface area contributed by atoms with E-state index in [1.807, 2.05) is 26.0 Å². The third-order valence-electron chi connectivity index (χ3n) is 6.92. The number of fused-ring (bicyclic) bond motifs is 2. The second-order valence-electron chi connectivity index (χ2n) is 9.54. The van der Waals surface area contributed by atoms with E-state index in [1.165, 1.54) is 0 Å². The molecule has 3 heterocycles. The molecule has 1 aliphatic carbocycles. The molecule has 1 saturated carbocycles. The monoisotopic (exact) mass is 504 g/mol. The Kier molecular flexibility index (Phi) is 5.63. The molecule has 0 bridgehead atoms. The van der Waals surface area contributed by atoms with Crippen LogP contribution in [0.3, 0.4) is 0 Å². The van der Waals surface area contributed by atoms with Crippen molar-refractivity contribution in [2.45, 2.75) is 45.8 Å². The summed E-state index contributed by atoms with van der Waals surface area (Å²) in [5, 5.41) is 14.2. The highest BCUT2D eigenvalue weighted by Crippen LogP contribution is 2.42. The van der Waals surface area contributed by atoms with E-state index in [2.05, 4.69) is 10.3 Å². The van der Waals surface area contributed by atoms with Gasteiger partial charge in [0.25, 0.3) is 0 Å². The molecular formula is C27H23BClFN2O4. The van der Waals surface area contributed by atoms with E-state index in [0.29, 0.717) is 45.9 Å². The third-order valence-corrected chi connectivity index (χ3v) is 7.14. The van der Waals surface area contributed by atoms with E-state index in [-0.39, 0.29) is 28.2 Å². The quantitative estimate of drug-likeness (QED) is 0.295. The minimum absolute atomic E-state index is 0.00191. The molecule has 0 amide bonds. The Bertz CT molecular complexity index is 1600. The molecule has 0 spiro atoms. The van der Waals surface area contributed by atoms with E-state index in [1.54, 1.807) is 24.3 Å². The second kappa shape index (κ2) is 8.73. The number of anilines is 1. The number of benzene rings is 2. The summed E-state index contributed by atoms with van der Waals surface area (Å²) >= 11 is 6.18. The van der Waals surface area contributed by atoms with Crippen molar-refractivity contribution in [1.82, 2.24) is 4.98 Å². The molecule has 36 heavy (non-hydrogen) atoms. The van der Waals surface area contributed by atoms with Crippen molar-refractivity contribution in [2.24, 2.45) is 0 Å². The molecule has 6 rings (SSSR count). The first kappa shape index (κ1) is 23.2. The van der Waals surface area contributed by atoms with Crippen LogP contribution in [0.4, 0.5) is 10.1 Å². The average Bonchev–Trinajstić information content (AvgIpc) is 3.62. The van der Waals surface area contributed by atoms with Crippen molar-refractivity contribution in [1.29, 1.82) is 0 Å². The maximum absolute atomic E-state index is 15.5. The van der Waals surface area contributed by atoms with Gasteiger partial charge in [-0.3, -0.25) is 4.79 Å². The van der Waals surface area contributed by atoms with Gasteiger partial charge in [-0.1, -0.05) is 23.7 Å². The molecule has 9 heteroatoms. The molecule has 6 nitrogen and oxygen atoms in total. The fourth-order valence-corrected chi connectivity index (χ4v) is 5.09. The van der Waals surface area contributed by atoms with Crippen LogP contribution < -0.4 is 16.2 Å². The summed E-state index contributed by atoms with van der Waals surface area (Å²) < 4.78 is 26.9. The smallest absolute Gasteiger partial charge is 0.460 e. The summed E-state index contributed by atoms with van der Waals surface area (Å²) in [6, 6.07) is 10.5. The number of rotatable bonds is 5. The van der Waals surface area contributed by atoms with Gasteiger partial charge in [-0.25, -0.2) is 9.37 Å². The number of hydrogen-bond acceptors (Lipinski definition) is 6. The maximum atomic E-state index is 15.5. The van der Waals surface area contributed by atoms with Crippen molar-refractivity contribution in [3.8, 4) is 11.3 Å². The van der Waals surface area contributed by atoms with Crippen LogP contribution in [0, 0.1) is 19.7 Å². The fraction of sp³-hybridized carbons (Fsp3) is 0.259. The summed E-state index contributed by atoms with van der Waals surface area (Å²) in [5.41, 5.74) is 4.80. The van der Waals surface area contributed by atoms with Gasteiger partial charge in [0, 0.05) is 34.6 Å². The number of nitrogens with one attached hydrogen (secondary N) is 1. The lowest BCUT2D eigenvalue weighted by Gasteiger charge is -2.15. The summed E-state index contributed by atoms with van der Waals surface area (Å²) in [5.74, 6) is 0.484. The summed E-state index contributed by atoms with van der Waals surface area (Å²) in [6.45, 7) is 4.24. The van der Waals surface area contributed by atoms with E-state index in [4.69, 9.17) is 20.7 Å². The summed E-state index contributed by atoms with van der Waals surface area (Å²) in [4.78, 5) is 17.5. The van der Waals surface area contributed by atoms with Crippen LogP contribution in [0.2, 0.25) is 5.15 Å². The number of aryl methyl sites for hydroxylation is 1. The van der Waals surface area contributed by atoms with Crippen molar-refractivity contribution < 1.29 is 18.5 Å². The van der Waals surface area contributed by atoms with Crippen molar-refractivity contribution >= 4 is 40.8 Å². The highest BCUT2D eigenvalue weighted by Gasteiger charge is 2.33. The largest absolute Gasteiger partial charge is 0.494 e. The number of halogens is 2. The number of pyridine rings is 1. The van der Waals surface area contributed by atoms with Crippen molar-refractivity contribution in [3.63, 3.8) is 0 Å². The molecule has 1 fully saturated rings. The SMILES string of the molecule is Cc1cc(CNc2ccc(Cl)nc2-c2ccc3c(c2F)B(O)OC3)c2oc(C3CC3)c(C)c(=O)c2c1. The number of aromatic nitrogens is 1. The summed E-state index contributed by atoms with van der Waals surface area (Å²) in [6.07, 6.45) is 2.06. The van der Waals surface area contributed by atoms with E-state index < -0.39 is 12.9 Å². The number of nitrogens with zero attached hydrogens (tertiary/aromatic N) is 1. The molecule has 2 aliphatic rings. The van der Waals surface area contributed by atoms with Gasteiger partial charge in [-0.05, 0) is 62.1 Å². The molecule has 1 aliphatic heterocycles. The van der Waals surface area contributed by atoms with Crippen LogP contribution in [-0.2, 0) is 17.8 Å². The molecule has 0 unspecified atom stereocenters. The van der Waals surface area contributed by atoms with E-state index in [9.17, 15) is 9.82 Å². The fourth-order valence-electron chi connectivity index (χ4n) is 4.94. The van der Waals surface area contributed by atoms with Crippen LogP contribution in [0.25, 0.3) is 22.2 Å². The topological polar surface area (TPSA) is 84.6 Å². The van der Waals surface area contributed by atoms with Crippen molar-refractivity contribution in [2.75, 3.05) is 5.32 Å². The Hall–Kier alpha value is -3.20. The van der Waals surface area contributed by atoms with Gasteiger partial charge in [0.1, 0.15) is 22.3 Å². The van der Waals surface area contributed by atoms with Gasteiger partial charge in [0.15, 0.2) is 5.43 Å². The van der Waals surface area contributed by atoms with Crippen LogP contribution in [0.15, 0.2) is 45.6 Å². The third kappa shape index (κ3) is 3.90. The van der Waals surface area contributed by atoms with Crippen LogP contribution in [0.1, 0.15) is 46.8 Å². The Morgan fingerprint density at radius 3 is 2.81 bits per heavy atom. The van der Waals surface area contributed by atoms with Gasteiger partial charge in [-0.2, -0.15) is 0 Å². The Balaban J connectivity index is 1.41. The normalized spacial score (nSPS) is 15.0. The molecule has 4 aromatic rings. The number of hydrogen-bond donors (Lipinski definition) is 2. The molecule has 182 valence electrons. The van der Waals surface area contributed by atoms with E-state index >= 15 is 4.39 Å². The minimum Gasteiger partial charge on any atom is -0.460 e. The van der Waals surface area contributed by atoms with Gasteiger partial charge in [-0.15, -0.1) is 0 Å². The maximum Gasteiger partial charge on any atom is 0.494 e. The predicted molar refractivity (Wildman–Crippen MR) is 138 cm³/mol. The zero-order valence-corrected chi connectivity index (χ0v) is 20.6. The van der Waals surface area contributed by atoms with E-state index in [0.717, 1.165) is 29.7 Å². The lowest BCUT2D eigenvalue weighted by Crippen LogP contribution is -2.31. The highest BCUT2D eigenvalue weighted by molar-refractivity contribution is 6.61. The molecule has 0 saturated heterocycles. The van der Waals surface area contributed by atoms with Crippen molar-refractivity contribution in [3.05, 3.63) is 85.6 Å². The Morgan fingerprint density at radius 2 is 2.03 bits per heavy atom. The molecule has 2 aromatic heterocycles. The van der Waals surface area contributed by atoms with Crippen LogP contribution in [0.5, 0.6) is 0 Å². The standard InChI is InChI=1S/C27H23BClFN2O4/c1-13-9-17(27-19(10-13)25(33)14(2)26(36-27)15-3-4-15)11-31-20-7-8-21(29)32-24(20)18-6-5-16-12-35-28(34)22(16)23(18)30/h5-10,15,31,34H,3-4,11-12H2,1-2H3. The second-order valence-corrected chi connectivity index (χ2v) is 9.93. The first-order chi connectivity index (χ1) is 17.3. The first-order valence-corrected chi connectivity index (χ1v) is 12.3. The Labute approximate surface area is 212 Å².